The van der Waals surface area contributed by atoms with E-state index >= 15 is 0 Å². The van der Waals surface area contributed by atoms with E-state index in [1.54, 1.807) is 18.0 Å². The van der Waals surface area contributed by atoms with Gasteiger partial charge in [0.05, 0.1) is 11.4 Å². The number of anilines is 1. The fourth-order valence-electron chi connectivity index (χ4n) is 3.42. The molecule has 0 saturated carbocycles. The number of benzene rings is 2. The Bertz CT molecular complexity index is 921. The summed E-state index contributed by atoms with van der Waals surface area (Å²) in [6, 6.07) is 16.0. The summed E-state index contributed by atoms with van der Waals surface area (Å²) in [6.45, 7) is 0. The van der Waals surface area contributed by atoms with Gasteiger partial charge < -0.3 is 9.73 Å². The third-order valence-corrected chi connectivity index (χ3v) is 5.69. The van der Waals surface area contributed by atoms with Gasteiger partial charge in [-0.2, -0.15) is 0 Å². The van der Waals surface area contributed by atoms with E-state index in [4.69, 9.17) is 4.42 Å². The molecule has 1 aromatic heterocycles. The number of aryl methyl sites for hydroxylation is 1. The first-order valence-electron chi connectivity index (χ1n) is 9.28. The van der Waals surface area contributed by atoms with E-state index in [0.29, 0.717) is 17.4 Å². The average Bonchev–Trinajstić information content (AvgIpc) is 3.18. The Kier molecular flexibility index (Phi) is 5.58. The van der Waals surface area contributed by atoms with Crippen LogP contribution in [0.1, 0.15) is 29.7 Å². The lowest BCUT2D eigenvalue weighted by atomic mass is 9.90. The highest BCUT2D eigenvalue weighted by molar-refractivity contribution is 7.99. The lowest BCUT2D eigenvalue weighted by molar-refractivity contribution is -0.113. The Labute approximate surface area is 163 Å². The van der Waals surface area contributed by atoms with E-state index in [1.165, 1.54) is 24.0 Å². The molecule has 3 aromatic rings. The lowest BCUT2D eigenvalue weighted by Crippen LogP contribution is -2.17. The molecule has 0 aliphatic heterocycles. The number of nitrogens with zero attached hydrogens (tertiary/aromatic N) is 1. The summed E-state index contributed by atoms with van der Waals surface area (Å²) in [6.07, 6.45) is 6.28. The van der Waals surface area contributed by atoms with Crippen molar-refractivity contribution in [3.8, 4) is 11.5 Å². The van der Waals surface area contributed by atoms with Crippen LogP contribution in [0.3, 0.4) is 0 Å². The van der Waals surface area contributed by atoms with Gasteiger partial charge in [0.1, 0.15) is 6.26 Å². The maximum atomic E-state index is 12.3. The van der Waals surface area contributed by atoms with Crippen LogP contribution < -0.4 is 5.32 Å². The fraction of sp³-hybridized carbons (Fsp3) is 0.273. The number of oxazole rings is 1. The van der Waals surface area contributed by atoms with Gasteiger partial charge in [-0.1, -0.05) is 30.3 Å². The molecule has 0 bridgehead atoms. The molecule has 1 N–H and O–H groups in total. The van der Waals surface area contributed by atoms with Gasteiger partial charge >= 0.3 is 0 Å². The Hall–Kier alpha value is -2.53. The van der Waals surface area contributed by atoms with Crippen LogP contribution in [0.25, 0.3) is 11.5 Å². The quantitative estimate of drug-likeness (QED) is 0.649. The zero-order chi connectivity index (χ0) is 18.5. The standard InChI is InChI=1S/C22H22N2O2S/c25-21(24-20-12-6-10-16-7-4-5-11-19(16)20)15-27-14-18-13-26-22(23-18)17-8-2-1-3-9-17/h1-3,6,8-10,12-13H,4-5,7,11,14-15H2,(H,24,25). The molecule has 5 heteroatoms. The molecule has 0 saturated heterocycles. The van der Waals surface area contributed by atoms with Crippen molar-refractivity contribution >= 4 is 23.4 Å². The topological polar surface area (TPSA) is 55.1 Å². The average molecular weight is 378 g/mol. The number of hydrogen-bond acceptors (Lipinski definition) is 4. The Morgan fingerprint density at radius 3 is 2.81 bits per heavy atom. The molecular weight excluding hydrogens is 356 g/mol. The van der Waals surface area contributed by atoms with Crippen molar-refractivity contribution in [2.75, 3.05) is 11.1 Å². The zero-order valence-corrected chi connectivity index (χ0v) is 15.9. The van der Waals surface area contributed by atoms with Crippen molar-refractivity contribution in [3.63, 3.8) is 0 Å². The maximum Gasteiger partial charge on any atom is 0.234 e. The number of carbonyl (C=O) groups excluding carboxylic acids is 1. The molecule has 0 spiro atoms. The first-order valence-corrected chi connectivity index (χ1v) is 10.4. The van der Waals surface area contributed by atoms with Gasteiger partial charge in [0.2, 0.25) is 11.8 Å². The van der Waals surface area contributed by atoms with Crippen LogP contribution in [0.15, 0.2) is 59.2 Å². The monoisotopic (exact) mass is 378 g/mol. The van der Waals surface area contributed by atoms with Crippen LogP contribution in [0, 0.1) is 0 Å². The molecule has 4 nitrogen and oxygen atoms in total. The summed E-state index contributed by atoms with van der Waals surface area (Å²) >= 11 is 1.55. The van der Waals surface area contributed by atoms with Crippen LogP contribution in [-0.4, -0.2) is 16.6 Å². The van der Waals surface area contributed by atoms with Crippen molar-refractivity contribution < 1.29 is 9.21 Å². The molecule has 0 fully saturated rings. The number of rotatable bonds is 6. The molecule has 4 rings (SSSR count). The minimum Gasteiger partial charge on any atom is -0.444 e. The minimum atomic E-state index is 0.0331. The SMILES string of the molecule is O=C(CSCc1coc(-c2ccccc2)n1)Nc1cccc2c1CCCC2. The second-order valence-electron chi connectivity index (χ2n) is 6.70. The predicted octanol–water partition coefficient (Wildman–Crippen LogP) is 5.09. The molecule has 0 radical (unpaired) electrons. The molecular formula is C22H22N2O2S. The number of aromatic nitrogens is 1. The van der Waals surface area contributed by atoms with Gasteiger partial charge in [-0.3, -0.25) is 4.79 Å². The third-order valence-electron chi connectivity index (χ3n) is 4.73. The summed E-state index contributed by atoms with van der Waals surface area (Å²) in [5, 5.41) is 3.08. The van der Waals surface area contributed by atoms with Crippen LogP contribution in [-0.2, 0) is 23.4 Å². The third kappa shape index (κ3) is 4.42. The number of carbonyl (C=O) groups is 1. The van der Waals surface area contributed by atoms with E-state index in [9.17, 15) is 4.79 Å². The van der Waals surface area contributed by atoms with Crippen molar-refractivity contribution in [2.24, 2.45) is 0 Å². The molecule has 1 aliphatic rings. The smallest absolute Gasteiger partial charge is 0.234 e. The van der Waals surface area contributed by atoms with Crippen molar-refractivity contribution in [1.29, 1.82) is 0 Å². The van der Waals surface area contributed by atoms with E-state index in [1.807, 2.05) is 42.5 Å². The summed E-state index contributed by atoms with van der Waals surface area (Å²) < 4.78 is 5.54. The van der Waals surface area contributed by atoms with Crippen molar-refractivity contribution in [1.82, 2.24) is 4.98 Å². The predicted molar refractivity (Wildman–Crippen MR) is 110 cm³/mol. The first-order chi connectivity index (χ1) is 13.3. The van der Waals surface area contributed by atoms with Gasteiger partial charge in [-0.25, -0.2) is 4.98 Å². The number of nitrogens with one attached hydrogen (secondary N) is 1. The fourth-order valence-corrected chi connectivity index (χ4v) is 4.12. The maximum absolute atomic E-state index is 12.3. The van der Waals surface area contributed by atoms with Crippen LogP contribution in [0.4, 0.5) is 5.69 Å². The number of fused-ring (bicyclic) bond motifs is 1. The summed E-state index contributed by atoms with van der Waals surface area (Å²) in [7, 11) is 0. The largest absolute Gasteiger partial charge is 0.444 e. The van der Waals surface area contributed by atoms with Gasteiger partial charge in [0.15, 0.2) is 0 Å². The summed E-state index contributed by atoms with van der Waals surface area (Å²) in [5.74, 6) is 1.70. The molecule has 0 atom stereocenters. The van der Waals surface area contributed by atoms with Gasteiger partial charge in [-0.05, 0) is 55.0 Å². The summed E-state index contributed by atoms with van der Waals surface area (Å²) in [4.78, 5) is 16.8. The highest BCUT2D eigenvalue weighted by Crippen LogP contribution is 2.28. The zero-order valence-electron chi connectivity index (χ0n) is 15.1. The van der Waals surface area contributed by atoms with Crippen LogP contribution in [0.5, 0.6) is 0 Å². The first kappa shape index (κ1) is 17.9. The number of hydrogen-bond donors (Lipinski definition) is 1. The minimum absolute atomic E-state index is 0.0331. The molecule has 138 valence electrons. The van der Waals surface area contributed by atoms with Crippen molar-refractivity contribution in [2.45, 2.75) is 31.4 Å². The second kappa shape index (κ2) is 8.44. The van der Waals surface area contributed by atoms with Gasteiger partial charge in [-0.15, -0.1) is 11.8 Å². The van der Waals surface area contributed by atoms with E-state index in [2.05, 4.69) is 16.4 Å². The Balaban J connectivity index is 1.30. The summed E-state index contributed by atoms with van der Waals surface area (Å²) in [5.41, 5.74) is 5.48. The normalized spacial score (nSPS) is 13.2. The molecule has 1 amide bonds. The molecule has 27 heavy (non-hydrogen) atoms. The van der Waals surface area contributed by atoms with Crippen LogP contribution >= 0.6 is 11.8 Å². The highest BCUT2D eigenvalue weighted by Gasteiger charge is 2.14. The van der Waals surface area contributed by atoms with E-state index < -0.39 is 0 Å². The van der Waals surface area contributed by atoms with Gasteiger partial charge in [0, 0.05) is 17.0 Å². The van der Waals surface area contributed by atoms with E-state index in [0.717, 1.165) is 29.8 Å². The van der Waals surface area contributed by atoms with Gasteiger partial charge in [0.25, 0.3) is 0 Å². The second-order valence-corrected chi connectivity index (χ2v) is 7.69. The Morgan fingerprint density at radius 1 is 1.07 bits per heavy atom. The van der Waals surface area contributed by atoms with Crippen molar-refractivity contribution in [3.05, 3.63) is 71.6 Å². The molecule has 1 heterocycles. The molecule has 1 aliphatic carbocycles. The van der Waals surface area contributed by atoms with Crippen LogP contribution in [0.2, 0.25) is 0 Å². The lowest BCUT2D eigenvalue weighted by Gasteiger charge is -2.19. The molecule has 0 unspecified atom stereocenters. The molecule has 2 aromatic carbocycles. The number of amides is 1. The Morgan fingerprint density at radius 2 is 1.93 bits per heavy atom. The number of thioether (sulfide) groups is 1. The van der Waals surface area contributed by atoms with E-state index in [-0.39, 0.29) is 5.91 Å². The highest BCUT2D eigenvalue weighted by atomic mass is 32.2.